The predicted octanol–water partition coefficient (Wildman–Crippen LogP) is 2.43. The van der Waals surface area contributed by atoms with Crippen molar-refractivity contribution in [1.29, 1.82) is 0 Å². The van der Waals surface area contributed by atoms with Crippen LogP contribution >= 0.6 is 0 Å². The Labute approximate surface area is 135 Å². The molecule has 0 unspecified atom stereocenters. The van der Waals surface area contributed by atoms with Crippen LogP contribution in [0.5, 0.6) is 0 Å². The van der Waals surface area contributed by atoms with Gasteiger partial charge in [0.15, 0.2) is 0 Å². The average molecular weight is 313 g/mol. The van der Waals surface area contributed by atoms with E-state index in [1.807, 2.05) is 30.1 Å². The molecule has 0 spiro atoms. The second-order valence-electron chi connectivity index (χ2n) is 6.83. The molecule has 23 heavy (non-hydrogen) atoms. The minimum absolute atomic E-state index is 0.0874. The number of hydrogen-bond acceptors (Lipinski definition) is 3. The Morgan fingerprint density at radius 2 is 2.09 bits per heavy atom. The summed E-state index contributed by atoms with van der Waals surface area (Å²) in [5.41, 5.74) is 0.973. The Kier molecular flexibility index (Phi) is 3.96. The van der Waals surface area contributed by atoms with E-state index in [4.69, 9.17) is 0 Å². The van der Waals surface area contributed by atoms with Crippen LogP contribution in [0.3, 0.4) is 0 Å². The van der Waals surface area contributed by atoms with E-state index in [1.54, 1.807) is 10.7 Å². The first-order valence-electron chi connectivity index (χ1n) is 8.13. The van der Waals surface area contributed by atoms with Crippen molar-refractivity contribution in [2.24, 2.45) is 5.41 Å². The zero-order chi connectivity index (χ0) is 16.6. The lowest BCUT2D eigenvalue weighted by molar-refractivity contribution is -0.133. The summed E-state index contributed by atoms with van der Waals surface area (Å²) in [6.45, 7) is 4.84. The van der Waals surface area contributed by atoms with Gasteiger partial charge in [-0.1, -0.05) is 19.1 Å². The number of benzene rings is 1. The van der Waals surface area contributed by atoms with Crippen molar-refractivity contribution >= 4 is 16.8 Å². The molecular formula is C18H23N3O2. The molecule has 0 aliphatic heterocycles. The normalized spacial score (nSPS) is 17.0. The molecule has 5 nitrogen and oxygen atoms in total. The Balaban J connectivity index is 1.72. The first-order chi connectivity index (χ1) is 10.9. The van der Waals surface area contributed by atoms with Crippen molar-refractivity contribution in [3.63, 3.8) is 0 Å². The van der Waals surface area contributed by atoms with Gasteiger partial charge >= 0.3 is 0 Å². The summed E-state index contributed by atoms with van der Waals surface area (Å²) < 4.78 is 1.74. The molecule has 0 radical (unpaired) electrons. The molecule has 0 bridgehead atoms. The maximum atomic E-state index is 12.5. The lowest BCUT2D eigenvalue weighted by atomic mass is 9.99. The summed E-state index contributed by atoms with van der Waals surface area (Å²) in [4.78, 5) is 26.2. The van der Waals surface area contributed by atoms with Gasteiger partial charge in [0.1, 0.15) is 0 Å². The van der Waals surface area contributed by atoms with Crippen molar-refractivity contribution in [2.75, 3.05) is 7.05 Å². The number of carbonyl (C=O) groups excluding carboxylic acids is 1. The summed E-state index contributed by atoms with van der Waals surface area (Å²) in [5.74, 6) is 0.121. The molecule has 1 saturated carbocycles. The van der Waals surface area contributed by atoms with Gasteiger partial charge < -0.3 is 4.90 Å². The second-order valence-corrected chi connectivity index (χ2v) is 6.83. The first kappa shape index (κ1) is 15.7. The third-order valence-electron chi connectivity index (χ3n) is 5.32. The number of para-hydroxylation sites is 1. The first-order valence-corrected chi connectivity index (χ1v) is 8.13. The van der Waals surface area contributed by atoms with E-state index >= 15 is 0 Å². The maximum absolute atomic E-state index is 12.5. The molecule has 1 atom stereocenters. The molecule has 3 rings (SSSR count). The molecule has 5 heteroatoms. The van der Waals surface area contributed by atoms with E-state index in [2.05, 4.69) is 18.9 Å². The summed E-state index contributed by atoms with van der Waals surface area (Å²) in [5, 5.41) is 4.82. The van der Waals surface area contributed by atoms with Gasteiger partial charge in [0.2, 0.25) is 11.3 Å². The lowest BCUT2D eigenvalue weighted by Gasteiger charge is -2.30. The molecule has 1 aliphatic rings. The molecule has 1 fully saturated rings. The van der Waals surface area contributed by atoms with Gasteiger partial charge in [-0.2, -0.15) is 5.10 Å². The van der Waals surface area contributed by atoms with Crippen molar-refractivity contribution in [3.8, 4) is 0 Å². The molecule has 2 aromatic rings. The van der Waals surface area contributed by atoms with Crippen molar-refractivity contribution in [3.05, 3.63) is 40.7 Å². The van der Waals surface area contributed by atoms with Crippen LogP contribution in [0.2, 0.25) is 0 Å². The van der Waals surface area contributed by atoms with Gasteiger partial charge in [0.05, 0.1) is 18.3 Å². The standard InChI is InChI=1S/C18H23N3O2/c1-13(18(2)9-10-18)20(3)17(23)8-11-21-15-7-5-4-6-14(15)16(22)12-19-21/h4-7,12-13H,8-11H2,1-3H3/t13-/m0/s1. The highest BCUT2D eigenvalue weighted by Crippen LogP contribution is 2.49. The quantitative estimate of drug-likeness (QED) is 0.852. The van der Waals surface area contributed by atoms with E-state index in [-0.39, 0.29) is 22.8 Å². The van der Waals surface area contributed by atoms with E-state index in [0.29, 0.717) is 18.4 Å². The number of fused-ring (bicyclic) bond motifs is 1. The van der Waals surface area contributed by atoms with Gasteiger partial charge in [-0.25, -0.2) is 0 Å². The molecule has 1 aromatic heterocycles. The molecule has 1 aliphatic carbocycles. The van der Waals surface area contributed by atoms with Crippen LogP contribution in [0.1, 0.15) is 33.1 Å². The molecular weight excluding hydrogens is 290 g/mol. The van der Waals surface area contributed by atoms with E-state index in [9.17, 15) is 9.59 Å². The van der Waals surface area contributed by atoms with Crippen LogP contribution in [0.25, 0.3) is 10.9 Å². The highest BCUT2D eigenvalue weighted by Gasteiger charge is 2.45. The van der Waals surface area contributed by atoms with Crippen molar-refractivity contribution in [1.82, 2.24) is 14.7 Å². The lowest BCUT2D eigenvalue weighted by Crippen LogP contribution is -2.40. The fraction of sp³-hybridized carbons (Fsp3) is 0.500. The van der Waals surface area contributed by atoms with Gasteiger partial charge in [-0.3, -0.25) is 14.3 Å². The minimum Gasteiger partial charge on any atom is -0.342 e. The number of hydrogen-bond donors (Lipinski definition) is 0. The van der Waals surface area contributed by atoms with Gasteiger partial charge in [-0.15, -0.1) is 0 Å². The van der Waals surface area contributed by atoms with Crippen LogP contribution < -0.4 is 5.43 Å². The summed E-state index contributed by atoms with van der Waals surface area (Å²) in [7, 11) is 1.88. The van der Waals surface area contributed by atoms with Crippen LogP contribution in [-0.2, 0) is 11.3 Å². The molecule has 0 saturated heterocycles. The van der Waals surface area contributed by atoms with Crippen LogP contribution in [0, 0.1) is 5.41 Å². The smallest absolute Gasteiger partial charge is 0.224 e. The minimum atomic E-state index is -0.0874. The summed E-state index contributed by atoms with van der Waals surface area (Å²) in [6, 6.07) is 7.63. The topological polar surface area (TPSA) is 55.2 Å². The van der Waals surface area contributed by atoms with Crippen LogP contribution in [0.15, 0.2) is 35.3 Å². The van der Waals surface area contributed by atoms with Gasteiger partial charge in [-0.05, 0) is 37.3 Å². The number of amides is 1. The largest absolute Gasteiger partial charge is 0.342 e. The second kappa shape index (κ2) is 5.80. The molecule has 122 valence electrons. The Hall–Kier alpha value is -2.17. The molecule has 0 N–H and O–H groups in total. The zero-order valence-electron chi connectivity index (χ0n) is 14.0. The van der Waals surface area contributed by atoms with Gasteiger partial charge in [0, 0.05) is 24.9 Å². The maximum Gasteiger partial charge on any atom is 0.224 e. The third-order valence-corrected chi connectivity index (χ3v) is 5.32. The van der Waals surface area contributed by atoms with Crippen molar-refractivity contribution < 1.29 is 4.79 Å². The summed E-state index contributed by atoms with van der Waals surface area (Å²) >= 11 is 0. The molecule has 1 aromatic carbocycles. The number of nitrogens with zero attached hydrogens (tertiary/aromatic N) is 3. The highest BCUT2D eigenvalue weighted by atomic mass is 16.2. The number of aryl methyl sites for hydroxylation is 1. The zero-order valence-corrected chi connectivity index (χ0v) is 14.0. The van der Waals surface area contributed by atoms with E-state index in [1.165, 1.54) is 19.0 Å². The SMILES string of the molecule is C[C@H](N(C)C(=O)CCn1ncc(=O)c2ccccc21)C1(C)CC1. The fourth-order valence-electron chi connectivity index (χ4n) is 3.02. The number of carbonyl (C=O) groups is 1. The number of aromatic nitrogens is 2. The molecule has 1 heterocycles. The Morgan fingerprint density at radius 3 is 2.78 bits per heavy atom. The monoisotopic (exact) mass is 313 g/mol. The average Bonchev–Trinajstić information content (AvgIpc) is 3.31. The number of rotatable bonds is 5. The van der Waals surface area contributed by atoms with Gasteiger partial charge in [0.25, 0.3) is 0 Å². The van der Waals surface area contributed by atoms with Crippen molar-refractivity contribution in [2.45, 2.75) is 45.7 Å². The predicted molar refractivity (Wildman–Crippen MR) is 90.2 cm³/mol. The molecule has 1 amide bonds. The third kappa shape index (κ3) is 3.00. The Bertz CT molecular complexity index is 792. The summed E-state index contributed by atoms with van der Waals surface area (Å²) in [6.07, 6.45) is 4.09. The van der Waals surface area contributed by atoms with E-state index in [0.717, 1.165) is 5.52 Å². The highest BCUT2D eigenvalue weighted by molar-refractivity contribution is 5.79. The van der Waals surface area contributed by atoms with Crippen LogP contribution in [0.4, 0.5) is 0 Å². The van der Waals surface area contributed by atoms with E-state index < -0.39 is 0 Å². The fourth-order valence-corrected chi connectivity index (χ4v) is 3.02. The Morgan fingerprint density at radius 1 is 1.39 bits per heavy atom. The van der Waals surface area contributed by atoms with Crippen LogP contribution in [-0.4, -0.2) is 33.7 Å².